The van der Waals surface area contributed by atoms with E-state index < -0.39 is 11.4 Å². The minimum Gasteiger partial charge on any atom is -0.481 e. The van der Waals surface area contributed by atoms with E-state index in [1.54, 1.807) is 0 Å². The van der Waals surface area contributed by atoms with Crippen LogP contribution in [-0.2, 0) is 9.53 Å². The van der Waals surface area contributed by atoms with Gasteiger partial charge in [-0.05, 0) is 38.6 Å². The van der Waals surface area contributed by atoms with Crippen LogP contribution in [0.2, 0.25) is 0 Å². The van der Waals surface area contributed by atoms with Crippen molar-refractivity contribution in [2.24, 2.45) is 11.3 Å². The molecule has 19 heavy (non-hydrogen) atoms. The molecule has 2 aliphatic rings. The van der Waals surface area contributed by atoms with Gasteiger partial charge in [-0.2, -0.15) is 0 Å². The van der Waals surface area contributed by atoms with E-state index in [9.17, 15) is 9.90 Å². The Morgan fingerprint density at radius 3 is 2.79 bits per heavy atom. The molecule has 1 N–H and O–H groups in total. The lowest BCUT2D eigenvalue weighted by Crippen LogP contribution is -2.46. The van der Waals surface area contributed by atoms with Crippen molar-refractivity contribution in [1.82, 2.24) is 4.90 Å². The van der Waals surface area contributed by atoms with Gasteiger partial charge in [0, 0.05) is 19.7 Å². The van der Waals surface area contributed by atoms with Crippen molar-refractivity contribution in [3.63, 3.8) is 0 Å². The van der Waals surface area contributed by atoms with E-state index in [1.807, 2.05) is 7.05 Å². The van der Waals surface area contributed by atoms with Crippen LogP contribution >= 0.6 is 0 Å². The number of likely N-dealkylation sites (N-methyl/N-ethyl adjacent to an activating group) is 1. The summed E-state index contributed by atoms with van der Waals surface area (Å²) in [5, 5.41) is 9.66. The molecule has 4 heteroatoms. The van der Waals surface area contributed by atoms with Crippen LogP contribution in [0.5, 0.6) is 0 Å². The second-order valence-electron chi connectivity index (χ2n) is 6.62. The zero-order valence-electron chi connectivity index (χ0n) is 12.2. The Hall–Kier alpha value is -0.610. The summed E-state index contributed by atoms with van der Waals surface area (Å²) in [5.74, 6) is -0.0841. The molecule has 3 atom stereocenters. The molecule has 0 spiro atoms. The topological polar surface area (TPSA) is 49.8 Å². The van der Waals surface area contributed by atoms with Gasteiger partial charge in [0.25, 0.3) is 0 Å². The maximum atomic E-state index is 11.7. The predicted molar refractivity (Wildman–Crippen MR) is 74.2 cm³/mol. The number of aliphatic carboxylic acids is 1. The molecule has 0 aromatic heterocycles. The SMILES string of the molecule is CC1CCCC(CN(C)CC2CCCO2)(C(=O)O)C1. The van der Waals surface area contributed by atoms with Gasteiger partial charge in [0.1, 0.15) is 0 Å². The van der Waals surface area contributed by atoms with Crippen LogP contribution < -0.4 is 0 Å². The third-order valence-electron chi connectivity index (χ3n) is 4.66. The molecule has 2 fully saturated rings. The van der Waals surface area contributed by atoms with Crippen LogP contribution in [-0.4, -0.2) is 48.8 Å². The highest BCUT2D eigenvalue weighted by molar-refractivity contribution is 5.75. The number of nitrogens with zero attached hydrogens (tertiary/aromatic N) is 1. The molecule has 2 rings (SSSR count). The molecule has 0 aromatic rings. The number of hydrogen-bond acceptors (Lipinski definition) is 3. The summed E-state index contributed by atoms with van der Waals surface area (Å²) in [4.78, 5) is 13.9. The number of ether oxygens (including phenoxy) is 1. The van der Waals surface area contributed by atoms with E-state index in [-0.39, 0.29) is 0 Å². The molecular weight excluding hydrogens is 242 g/mol. The molecule has 3 unspecified atom stereocenters. The third-order valence-corrected chi connectivity index (χ3v) is 4.66. The van der Waals surface area contributed by atoms with Crippen molar-refractivity contribution in [2.75, 3.05) is 26.7 Å². The van der Waals surface area contributed by atoms with Gasteiger partial charge in [-0.1, -0.05) is 19.8 Å². The first kappa shape index (κ1) is 14.8. The van der Waals surface area contributed by atoms with Crippen molar-refractivity contribution in [2.45, 2.75) is 51.6 Å². The van der Waals surface area contributed by atoms with Crippen LogP contribution in [0, 0.1) is 11.3 Å². The lowest BCUT2D eigenvalue weighted by molar-refractivity contribution is -0.153. The van der Waals surface area contributed by atoms with E-state index in [2.05, 4.69) is 11.8 Å². The maximum Gasteiger partial charge on any atom is 0.310 e. The maximum absolute atomic E-state index is 11.7. The molecule has 0 aromatic carbocycles. The fraction of sp³-hybridized carbons (Fsp3) is 0.933. The number of rotatable bonds is 5. The third kappa shape index (κ3) is 3.69. The minimum absolute atomic E-state index is 0.303. The van der Waals surface area contributed by atoms with Gasteiger partial charge < -0.3 is 14.7 Å². The Bertz CT molecular complexity index is 315. The van der Waals surface area contributed by atoms with E-state index in [0.717, 1.165) is 45.3 Å². The average Bonchev–Trinajstić information content (AvgIpc) is 2.81. The van der Waals surface area contributed by atoms with Crippen LogP contribution in [0.4, 0.5) is 0 Å². The molecule has 1 aliphatic carbocycles. The number of carboxylic acids is 1. The smallest absolute Gasteiger partial charge is 0.310 e. The fourth-order valence-corrected chi connectivity index (χ4v) is 3.78. The van der Waals surface area contributed by atoms with Crippen LogP contribution in [0.3, 0.4) is 0 Å². The van der Waals surface area contributed by atoms with Crippen molar-refractivity contribution >= 4 is 5.97 Å². The second-order valence-corrected chi connectivity index (χ2v) is 6.62. The summed E-state index contributed by atoms with van der Waals surface area (Å²) in [6.07, 6.45) is 6.41. The molecular formula is C15H27NO3. The molecule has 0 amide bonds. The lowest BCUT2D eigenvalue weighted by Gasteiger charge is -2.39. The van der Waals surface area contributed by atoms with Gasteiger partial charge in [-0.3, -0.25) is 4.79 Å². The van der Waals surface area contributed by atoms with Gasteiger partial charge in [0.05, 0.1) is 11.5 Å². The first-order chi connectivity index (χ1) is 9.02. The van der Waals surface area contributed by atoms with Gasteiger partial charge in [-0.25, -0.2) is 0 Å². The normalized spacial score (nSPS) is 35.7. The highest BCUT2D eigenvalue weighted by Gasteiger charge is 2.42. The monoisotopic (exact) mass is 269 g/mol. The minimum atomic E-state index is -0.613. The van der Waals surface area contributed by atoms with Gasteiger partial charge in [-0.15, -0.1) is 0 Å². The summed E-state index contributed by atoms with van der Waals surface area (Å²) < 4.78 is 5.64. The summed E-state index contributed by atoms with van der Waals surface area (Å²) in [6, 6.07) is 0. The Balaban J connectivity index is 1.93. The molecule has 1 heterocycles. The van der Waals surface area contributed by atoms with Crippen molar-refractivity contribution in [1.29, 1.82) is 0 Å². The predicted octanol–water partition coefficient (Wildman–Crippen LogP) is 2.38. The Kier molecular flexibility index (Phi) is 4.85. The number of carbonyl (C=O) groups is 1. The molecule has 0 bridgehead atoms. The van der Waals surface area contributed by atoms with Gasteiger partial charge in [0.2, 0.25) is 0 Å². The quantitative estimate of drug-likeness (QED) is 0.832. The van der Waals surface area contributed by atoms with E-state index >= 15 is 0 Å². The van der Waals surface area contributed by atoms with Crippen molar-refractivity contribution in [3.05, 3.63) is 0 Å². The molecule has 1 saturated heterocycles. The first-order valence-corrected chi connectivity index (χ1v) is 7.55. The second kappa shape index (κ2) is 6.23. The van der Waals surface area contributed by atoms with Crippen molar-refractivity contribution in [3.8, 4) is 0 Å². The zero-order chi connectivity index (χ0) is 13.9. The average molecular weight is 269 g/mol. The zero-order valence-corrected chi connectivity index (χ0v) is 12.2. The summed E-state index contributed by atoms with van der Waals surface area (Å²) >= 11 is 0. The highest BCUT2D eigenvalue weighted by atomic mass is 16.5. The molecule has 4 nitrogen and oxygen atoms in total. The van der Waals surface area contributed by atoms with E-state index in [1.165, 1.54) is 6.42 Å². The standard InChI is InChI=1S/C15H27NO3/c1-12-5-3-7-15(9-12,14(17)18)11-16(2)10-13-6-4-8-19-13/h12-13H,3-11H2,1-2H3,(H,17,18). The van der Waals surface area contributed by atoms with E-state index in [0.29, 0.717) is 18.6 Å². The Labute approximate surface area is 116 Å². The molecule has 1 aliphatic heterocycles. The highest BCUT2D eigenvalue weighted by Crippen LogP contribution is 2.40. The Morgan fingerprint density at radius 1 is 1.42 bits per heavy atom. The number of hydrogen-bond donors (Lipinski definition) is 1. The largest absolute Gasteiger partial charge is 0.481 e. The summed E-state index contributed by atoms with van der Waals surface area (Å²) in [6.45, 7) is 4.56. The molecule has 1 saturated carbocycles. The van der Waals surface area contributed by atoms with E-state index in [4.69, 9.17) is 4.74 Å². The summed E-state index contributed by atoms with van der Waals surface area (Å²) in [7, 11) is 2.03. The van der Waals surface area contributed by atoms with Crippen LogP contribution in [0.1, 0.15) is 45.4 Å². The molecule has 0 radical (unpaired) electrons. The van der Waals surface area contributed by atoms with Crippen molar-refractivity contribution < 1.29 is 14.6 Å². The van der Waals surface area contributed by atoms with Gasteiger partial charge >= 0.3 is 5.97 Å². The first-order valence-electron chi connectivity index (χ1n) is 7.55. The Morgan fingerprint density at radius 2 is 2.21 bits per heavy atom. The van der Waals surface area contributed by atoms with Crippen LogP contribution in [0.25, 0.3) is 0 Å². The number of carboxylic acid groups (broad SMARTS) is 1. The summed E-state index contributed by atoms with van der Waals surface area (Å²) in [5.41, 5.74) is -0.537. The fourth-order valence-electron chi connectivity index (χ4n) is 3.78. The molecule has 110 valence electrons. The van der Waals surface area contributed by atoms with Gasteiger partial charge in [0.15, 0.2) is 0 Å². The van der Waals surface area contributed by atoms with Crippen LogP contribution in [0.15, 0.2) is 0 Å². The lowest BCUT2D eigenvalue weighted by atomic mass is 9.69.